The number of pyridine rings is 2. The molecule has 0 aliphatic heterocycles. The van der Waals surface area contributed by atoms with Crippen LogP contribution >= 0.6 is 27.5 Å². The first-order valence-corrected chi connectivity index (χ1v) is 35.3. The van der Waals surface area contributed by atoms with Gasteiger partial charge in [-0.15, -0.1) is 0 Å². The van der Waals surface area contributed by atoms with E-state index in [9.17, 15) is 8.78 Å². The van der Waals surface area contributed by atoms with Gasteiger partial charge in [0.25, 0.3) is 0 Å². The van der Waals surface area contributed by atoms with Crippen molar-refractivity contribution in [1.82, 2.24) is 39.9 Å². The highest BCUT2D eigenvalue weighted by atomic mass is 79.9. The minimum absolute atomic E-state index is 0.116. The molecule has 0 bridgehead atoms. The lowest BCUT2D eigenvalue weighted by atomic mass is 10.1. The Kier molecular flexibility index (Phi) is 45.1. The molecular formula is C90H112BrClF2N8O. The number of halogens is 4. The number of methoxy groups -OCH3 is 1. The molecule has 0 saturated heterocycles. The van der Waals surface area contributed by atoms with Crippen molar-refractivity contribution in [2.45, 2.75) is 173 Å². The molecular weight excluding hydrogens is 1360 g/mol. The van der Waals surface area contributed by atoms with Gasteiger partial charge in [-0.05, 0) is 305 Å². The summed E-state index contributed by atoms with van der Waals surface area (Å²) in [6.45, 7) is 49.7. The van der Waals surface area contributed by atoms with Crippen molar-refractivity contribution in [3.63, 3.8) is 0 Å². The van der Waals surface area contributed by atoms with Crippen LogP contribution in [0.2, 0.25) is 5.02 Å². The molecule has 0 fully saturated rings. The summed E-state index contributed by atoms with van der Waals surface area (Å²) in [7, 11) is 1.70. The van der Waals surface area contributed by atoms with Gasteiger partial charge < -0.3 is 4.74 Å². The van der Waals surface area contributed by atoms with Crippen LogP contribution in [-0.4, -0.2) is 47.0 Å². The molecule has 0 aliphatic rings. The number of ether oxygens (including phenoxy) is 1. The van der Waals surface area contributed by atoms with Gasteiger partial charge in [-0.2, -0.15) is 0 Å². The predicted octanol–water partition coefficient (Wildman–Crippen LogP) is 24.8. The first-order valence-electron chi connectivity index (χ1n) is 34.1. The summed E-state index contributed by atoms with van der Waals surface area (Å²) >= 11 is 9.26. The van der Waals surface area contributed by atoms with Gasteiger partial charge in [-0.1, -0.05) is 159 Å². The van der Waals surface area contributed by atoms with Crippen molar-refractivity contribution < 1.29 is 13.5 Å². The van der Waals surface area contributed by atoms with E-state index in [4.69, 9.17) is 16.3 Å². The van der Waals surface area contributed by atoms with Gasteiger partial charge in [-0.3, -0.25) is 19.9 Å². The third-order valence-corrected chi connectivity index (χ3v) is 15.9. The van der Waals surface area contributed by atoms with Crippen LogP contribution in [0.5, 0.6) is 5.75 Å². The highest BCUT2D eigenvalue weighted by Gasteiger charge is 1.98. The van der Waals surface area contributed by atoms with Gasteiger partial charge in [0.05, 0.1) is 18.5 Å². The van der Waals surface area contributed by atoms with E-state index in [1.807, 2.05) is 184 Å². The Morgan fingerprint density at radius 3 is 0.806 bits per heavy atom. The molecule has 103 heavy (non-hydrogen) atoms. The summed E-state index contributed by atoms with van der Waals surface area (Å²) in [5.74, 6) is 2.40. The maximum atomic E-state index is 12.6. The third-order valence-electron chi connectivity index (χ3n) is 14.6. The van der Waals surface area contributed by atoms with Crippen molar-refractivity contribution in [2.24, 2.45) is 0 Å². The molecule has 0 spiro atoms. The van der Waals surface area contributed by atoms with Crippen LogP contribution < -0.4 is 4.74 Å². The molecule has 5 heterocycles. The fraction of sp³-hybridized carbons (Fsp3) is 0.289. The number of hydrogen-bond donors (Lipinski definition) is 0. The Labute approximate surface area is 631 Å². The van der Waals surface area contributed by atoms with Gasteiger partial charge in [-0.25, -0.2) is 28.7 Å². The first-order chi connectivity index (χ1) is 48.5. The van der Waals surface area contributed by atoms with Gasteiger partial charge >= 0.3 is 0 Å². The SMILES string of the molecule is COc1cc(C)ccc1C.Cc1ccc(C)c(Br)c1.Cc1ccc(C)c(C)c1.Cc1ccc(C)c(Cl)c1.Cc1ccc(C)c(F)c1.Cc1ccc(C)c(F)c1.Cc1ccc(C)cc1.Cc1ccc(C)nc1.Cc1ccc(C)nc1.Cc1cnc(C)cn1.Cc1cnc(C)nc1.Cc1cnc(C)nc1. The summed E-state index contributed by atoms with van der Waals surface area (Å²) in [4.78, 5) is 32.1. The summed E-state index contributed by atoms with van der Waals surface area (Å²) < 4.78 is 31.5. The molecule has 0 atom stereocenters. The van der Waals surface area contributed by atoms with E-state index >= 15 is 0 Å². The molecule has 0 unspecified atom stereocenters. The average Bonchev–Trinajstić information content (AvgIpc) is 0.960. The summed E-state index contributed by atoms with van der Waals surface area (Å²) in [6, 6.07) is 52.1. The number of aryl methyl sites for hydroxylation is 25. The molecule has 12 aromatic rings. The Balaban J connectivity index is 0.000000562. The Hall–Kier alpha value is -9.49. The smallest absolute Gasteiger partial charge is 0.126 e. The van der Waals surface area contributed by atoms with Crippen LogP contribution in [0, 0.1) is 185 Å². The van der Waals surface area contributed by atoms with Gasteiger partial charge in [0.2, 0.25) is 0 Å². The van der Waals surface area contributed by atoms with Crippen LogP contribution in [0.15, 0.2) is 212 Å². The lowest BCUT2D eigenvalue weighted by Crippen LogP contribution is -1.86. The van der Waals surface area contributed by atoms with Crippen molar-refractivity contribution in [3.8, 4) is 5.75 Å². The van der Waals surface area contributed by atoms with E-state index in [1.54, 1.807) is 45.5 Å². The maximum absolute atomic E-state index is 12.6. The summed E-state index contributed by atoms with van der Waals surface area (Å²) in [6.07, 6.45) is 14.5. The van der Waals surface area contributed by atoms with Crippen LogP contribution in [-0.2, 0) is 0 Å². The zero-order valence-electron chi connectivity index (χ0n) is 66.1. The number of benzene rings is 7. The largest absolute Gasteiger partial charge is 0.496 e. The van der Waals surface area contributed by atoms with E-state index in [0.29, 0.717) is 11.1 Å². The molecule has 546 valence electrons. The minimum atomic E-state index is -0.116. The number of hydrogen-bond acceptors (Lipinski definition) is 9. The number of aromatic nitrogens is 8. The monoisotopic (exact) mass is 1470 g/mol. The van der Waals surface area contributed by atoms with Crippen molar-refractivity contribution >= 4 is 27.5 Å². The van der Waals surface area contributed by atoms with E-state index in [2.05, 4.69) is 202 Å². The molecule has 0 aliphatic carbocycles. The molecule has 0 amide bonds. The molecule has 12 rings (SSSR count). The molecule has 9 nitrogen and oxygen atoms in total. The molecule has 7 aromatic carbocycles. The highest BCUT2D eigenvalue weighted by molar-refractivity contribution is 9.10. The van der Waals surface area contributed by atoms with Crippen LogP contribution in [0.1, 0.15) is 140 Å². The molecule has 0 saturated carbocycles. The van der Waals surface area contributed by atoms with E-state index in [1.165, 1.54) is 83.4 Å². The molecule has 0 radical (unpaired) electrons. The minimum Gasteiger partial charge on any atom is -0.496 e. The van der Waals surface area contributed by atoms with E-state index < -0.39 is 0 Å². The Morgan fingerprint density at radius 2 is 0.544 bits per heavy atom. The standard InChI is InChI=1S/C9H12O.C9H12.C8H9Br.C8H9Cl.2C8H9F.C8H10.2C7H9N.3C6H8N2/c1-7-4-5-8(2)9(6-7)10-3;1-7-4-5-8(2)9(3)6-7;4*1-6-3-4-7(2)8(9)5-6;1-7-3-5-8(2)6-4-7;2*1-6-3-4-7(2)8-5-6;1-5-3-8-6(2)4-7-5;2*1-5-3-7-6(2)8-4-5/h4-6H,1-3H3;4-6H,1-3H3;4*3-5H,1-2H3;3-6H,1-2H3;2*3-5H,1-2H3;3*3-4H,1-2H3. The van der Waals surface area contributed by atoms with Crippen LogP contribution in [0.4, 0.5) is 8.78 Å². The quantitative estimate of drug-likeness (QED) is 0.159. The fourth-order valence-corrected chi connectivity index (χ4v) is 8.43. The second-order valence-electron chi connectivity index (χ2n) is 25.6. The predicted molar refractivity (Wildman–Crippen MR) is 437 cm³/mol. The number of rotatable bonds is 1. The second-order valence-corrected chi connectivity index (χ2v) is 26.9. The summed E-state index contributed by atoms with van der Waals surface area (Å²) in [5, 5.41) is 0.856. The van der Waals surface area contributed by atoms with Gasteiger partial charge in [0.15, 0.2) is 0 Å². The zero-order chi connectivity index (χ0) is 77.7. The maximum Gasteiger partial charge on any atom is 0.126 e. The van der Waals surface area contributed by atoms with Crippen molar-refractivity contribution in [3.05, 3.63) is 369 Å². The topological polar surface area (TPSA) is 112 Å². The molecule has 13 heteroatoms. The van der Waals surface area contributed by atoms with Crippen molar-refractivity contribution in [2.75, 3.05) is 7.11 Å². The lowest BCUT2D eigenvalue weighted by molar-refractivity contribution is 0.411. The van der Waals surface area contributed by atoms with Crippen LogP contribution in [0.25, 0.3) is 0 Å². The Bertz CT molecular complexity index is 3570. The first kappa shape index (κ1) is 91.5. The van der Waals surface area contributed by atoms with Crippen molar-refractivity contribution in [1.29, 1.82) is 0 Å². The zero-order valence-corrected chi connectivity index (χ0v) is 68.5. The van der Waals surface area contributed by atoms with Gasteiger partial charge in [0.1, 0.15) is 29.0 Å². The summed E-state index contributed by atoms with van der Waals surface area (Å²) in [5.41, 5.74) is 26.2. The average molecular weight is 1480 g/mol. The van der Waals surface area contributed by atoms with E-state index in [-0.39, 0.29) is 11.6 Å². The lowest BCUT2D eigenvalue weighted by Gasteiger charge is -2.03. The molecule has 5 aromatic heterocycles. The normalized spacial score (nSPS) is 9.46. The fourth-order valence-electron chi connectivity index (χ4n) is 7.70. The third kappa shape index (κ3) is 44.5. The highest BCUT2D eigenvalue weighted by Crippen LogP contribution is 2.19. The van der Waals surface area contributed by atoms with Gasteiger partial charge in [0, 0.05) is 70.5 Å². The molecule has 0 N–H and O–H groups in total. The van der Waals surface area contributed by atoms with Crippen LogP contribution in [0.3, 0.4) is 0 Å². The Morgan fingerprint density at radius 1 is 0.252 bits per heavy atom. The second kappa shape index (κ2) is 50.8. The van der Waals surface area contributed by atoms with E-state index in [0.717, 1.165) is 73.0 Å². The number of nitrogens with zero attached hydrogens (tertiary/aromatic N) is 8.